The Kier molecular flexibility index (Phi) is 5.20. The first kappa shape index (κ1) is 11.5. The Balaban J connectivity index is 0.000000531. The van der Waals surface area contributed by atoms with Gasteiger partial charge in [0.05, 0.1) is 0 Å². The van der Waals surface area contributed by atoms with E-state index in [1.54, 1.807) is 0 Å². The lowest BCUT2D eigenvalue weighted by Crippen LogP contribution is -1.85. The first-order valence-corrected chi connectivity index (χ1v) is 4.98. The maximum Gasteiger partial charge on any atom is 0.0319 e. The van der Waals surface area contributed by atoms with Gasteiger partial charge in [0.1, 0.15) is 0 Å². The van der Waals surface area contributed by atoms with Crippen molar-refractivity contribution in [1.82, 2.24) is 0 Å². The van der Waals surface area contributed by atoms with Gasteiger partial charge in [0.15, 0.2) is 0 Å². The molecule has 0 atom stereocenters. The minimum Gasteiger partial charge on any atom is -0.400 e. The molecule has 0 fully saturated rings. The zero-order valence-electron chi connectivity index (χ0n) is 8.93. The highest BCUT2D eigenvalue weighted by Crippen LogP contribution is 2.07. The zero-order chi connectivity index (χ0) is 10.9. The molecule has 0 spiro atoms. The maximum atomic E-state index is 7.00. The molecular formula is C14H16O. The van der Waals surface area contributed by atoms with Gasteiger partial charge in [0, 0.05) is 7.11 Å². The standard InChI is InChI=1S/C13H12.CH4O/c1-3-7-12(8-4-1)11-13-9-5-2-6-10-13;1-2/h1-10H,11H2;2H,1H3. The van der Waals surface area contributed by atoms with E-state index in [2.05, 4.69) is 60.7 Å². The Morgan fingerprint density at radius 3 is 1.33 bits per heavy atom. The molecular weight excluding hydrogens is 184 g/mol. The Hall–Kier alpha value is -1.60. The highest BCUT2D eigenvalue weighted by atomic mass is 16.2. The van der Waals surface area contributed by atoms with Crippen LogP contribution < -0.4 is 0 Å². The highest BCUT2D eigenvalue weighted by Gasteiger charge is 1.92. The van der Waals surface area contributed by atoms with E-state index in [9.17, 15) is 0 Å². The van der Waals surface area contributed by atoms with Gasteiger partial charge >= 0.3 is 0 Å². The molecule has 1 N–H and O–H groups in total. The largest absolute Gasteiger partial charge is 0.400 e. The Bertz CT molecular complexity index is 316. The summed E-state index contributed by atoms with van der Waals surface area (Å²) < 4.78 is 0. The van der Waals surface area contributed by atoms with Crippen LogP contribution >= 0.6 is 0 Å². The number of aliphatic hydroxyl groups is 1. The van der Waals surface area contributed by atoms with Crippen molar-refractivity contribution in [3.8, 4) is 0 Å². The number of aliphatic hydroxyl groups excluding tert-OH is 1. The zero-order valence-corrected chi connectivity index (χ0v) is 8.93. The van der Waals surface area contributed by atoms with Crippen molar-refractivity contribution in [3.05, 3.63) is 71.8 Å². The molecule has 2 aromatic carbocycles. The summed E-state index contributed by atoms with van der Waals surface area (Å²) in [6.45, 7) is 0. The number of benzene rings is 2. The van der Waals surface area contributed by atoms with Gasteiger partial charge in [-0.25, -0.2) is 0 Å². The van der Waals surface area contributed by atoms with Gasteiger partial charge in [-0.05, 0) is 17.5 Å². The fraction of sp³-hybridized carbons (Fsp3) is 0.143. The molecule has 0 aliphatic rings. The van der Waals surface area contributed by atoms with Crippen LogP contribution in [0.4, 0.5) is 0 Å². The molecule has 78 valence electrons. The summed E-state index contributed by atoms with van der Waals surface area (Å²) in [5, 5.41) is 7.00. The summed E-state index contributed by atoms with van der Waals surface area (Å²) in [5.41, 5.74) is 2.74. The Morgan fingerprint density at radius 2 is 1.00 bits per heavy atom. The predicted octanol–water partition coefficient (Wildman–Crippen LogP) is 2.89. The van der Waals surface area contributed by atoms with Crippen LogP contribution in [-0.4, -0.2) is 12.2 Å². The van der Waals surface area contributed by atoms with Crippen LogP contribution in [0.1, 0.15) is 11.1 Å². The SMILES string of the molecule is CO.c1ccc(Cc2ccccc2)cc1. The number of rotatable bonds is 2. The van der Waals surface area contributed by atoms with Crippen LogP contribution in [0.2, 0.25) is 0 Å². The van der Waals surface area contributed by atoms with Gasteiger partial charge in [0.25, 0.3) is 0 Å². The second kappa shape index (κ2) is 6.80. The molecule has 1 nitrogen and oxygen atoms in total. The molecule has 2 rings (SSSR count). The molecule has 0 unspecified atom stereocenters. The van der Waals surface area contributed by atoms with Gasteiger partial charge in [-0.2, -0.15) is 0 Å². The van der Waals surface area contributed by atoms with E-state index in [4.69, 9.17) is 5.11 Å². The molecule has 0 aromatic heterocycles. The molecule has 0 saturated heterocycles. The first-order valence-electron chi connectivity index (χ1n) is 4.98. The van der Waals surface area contributed by atoms with E-state index in [1.165, 1.54) is 11.1 Å². The lowest BCUT2D eigenvalue weighted by Gasteiger charge is -2.00. The summed E-state index contributed by atoms with van der Waals surface area (Å²) in [5.74, 6) is 0. The van der Waals surface area contributed by atoms with Gasteiger partial charge in [-0.15, -0.1) is 0 Å². The quantitative estimate of drug-likeness (QED) is 0.790. The molecule has 0 saturated carbocycles. The van der Waals surface area contributed by atoms with Crippen molar-refractivity contribution >= 4 is 0 Å². The molecule has 0 heterocycles. The summed E-state index contributed by atoms with van der Waals surface area (Å²) in [7, 11) is 1.00. The first-order chi connectivity index (χ1) is 7.45. The Labute approximate surface area is 91.0 Å². The van der Waals surface area contributed by atoms with Crippen LogP contribution in [0.15, 0.2) is 60.7 Å². The maximum absolute atomic E-state index is 7.00. The highest BCUT2D eigenvalue weighted by molar-refractivity contribution is 5.25. The lowest BCUT2D eigenvalue weighted by molar-refractivity contribution is 0.399. The van der Waals surface area contributed by atoms with Gasteiger partial charge in [-0.1, -0.05) is 60.7 Å². The smallest absolute Gasteiger partial charge is 0.0319 e. The molecule has 0 aliphatic carbocycles. The molecule has 0 radical (unpaired) electrons. The third kappa shape index (κ3) is 3.96. The van der Waals surface area contributed by atoms with Crippen molar-refractivity contribution in [2.75, 3.05) is 7.11 Å². The van der Waals surface area contributed by atoms with Crippen LogP contribution in [-0.2, 0) is 6.42 Å². The molecule has 2 aromatic rings. The second-order valence-corrected chi connectivity index (χ2v) is 3.15. The minimum atomic E-state index is 1.00. The van der Waals surface area contributed by atoms with Crippen LogP contribution in [0.25, 0.3) is 0 Å². The van der Waals surface area contributed by atoms with E-state index in [0.717, 1.165) is 13.5 Å². The van der Waals surface area contributed by atoms with E-state index in [-0.39, 0.29) is 0 Å². The number of hydrogen-bond donors (Lipinski definition) is 1. The third-order valence-corrected chi connectivity index (χ3v) is 2.09. The predicted molar refractivity (Wildman–Crippen MR) is 63.8 cm³/mol. The van der Waals surface area contributed by atoms with Crippen LogP contribution in [0.3, 0.4) is 0 Å². The molecule has 0 amide bonds. The monoisotopic (exact) mass is 200 g/mol. The van der Waals surface area contributed by atoms with E-state index < -0.39 is 0 Å². The van der Waals surface area contributed by atoms with Crippen LogP contribution in [0, 0.1) is 0 Å². The van der Waals surface area contributed by atoms with E-state index in [0.29, 0.717) is 0 Å². The normalized spacial score (nSPS) is 8.93. The van der Waals surface area contributed by atoms with Gasteiger partial charge in [0.2, 0.25) is 0 Å². The Morgan fingerprint density at radius 1 is 0.667 bits per heavy atom. The minimum absolute atomic E-state index is 1.00. The lowest BCUT2D eigenvalue weighted by atomic mass is 10.1. The fourth-order valence-electron chi connectivity index (χ4n) is 1.43. The summed E-state index contributed by atoms with van der Waals surface area (Å²) in [6.07, 6.45) is 1.03. The van der Waals surface area contributed by atoms with Crippen molar-refractivity contribution in [3.63, 3.8) is 0 Å². The van der Waals surface area contributed by atoms with E-state index in [1.807, 2.05) is 0 Å². The van der Waals surface area contributed by atoms with Crippen molar-refractivity contribution in [2.45, 2.75) is 6.42 Å². The molecule has 15 heavy (non-hydrogen) atoms. The average Bonchev–Trinajstić information content (AvgIpc) is 2.34. The second-order valence-electron chi connectivity index (χ2n) is 3.15. The van der Waals surface area contributed by atoms with E-state index >= 15 is 0 Å². The molecule has 1 heteroatoms. The fourth-order valence-corrected chi connectivity index (χ4v) is 1.43. The van der Waals surface area contributed by atoms with Crippen molar-refractivity contribution in [2.24, 2.45) is 0 Å². The summed E-state index contributed by atoms with van der Waals surface area (Å²) in [4.78, 5) is 0. The van der Waals surface area contributed by atoms with Crippen molar-refractivity contribution in [1.29, 1.82) is 0 Å². The van der Waals surface area contributed by atoms with Crippen LogP contribution in [0.5, 0.6) is 0 Å². The number of hydrogen-bond acceptors (Lipinski definition) is 1. The van der Waals surface area contributed by atoms with Gasteiger partial charge < -0.3 is 5.11 Å². The summed E-state index contributed by atoms with van der Waals surface area (Å²) in [6, 6.07) is 21.1. The average molecular weight is 200 g/mol. The molecule has 0 aliphatic heterocycles. The molecule has 0 bridgehead atoms. The summed E-state index contributed by atoms with van der Waals surface area (Å²) >= 11 is 0. The van der Waals surface area contributed by atoms with Crippen molar-refractivity contribution < 1.29 is 5.11 Å². The topological polar surface area (TPSA) is 20.2 Å². The third-order valence-electron chi connectivity index (χ3n) is 2.09. The van der Waals surface area contributed by atoms with Gasteiger partial charge in [-0.3, -0.25) is 0 Å².